The average Bonchev–Trinajstić information content (AvgIpc) is 2.31. The van der Waals surface area contributed by atoms with E-state index in [4.69, 9.17) is 0 Å². The maximum atomic E-state index is 2.24. The fourth-order valence-electron chi connectivity index (χ4n) is 1.63. The molecule has 0 aliphatic heterocycles. The van der Waals surface area contributed by atoms with E-state index >= 15 is 0 Å². The van der Waals surface area contributed by atoms with E-state index in [2.05, 4.69) is 61.5 Å². The summed E-state index contributed by atoms with van der Waals surface area (Å²) in [6.45, 7) is 2.22. The van der Waals surface area contributed by atoms with Gasteiger partial charge in [-0.25, -0.2) is 0 Å². The Bertz CT molecular complexity index is 420. The van der Waals surface area contributed by atoms with Crippen molar-refractivity contribution in [3.05, 3.63) is 60.2 Å². The zero-order valence-corrected chi connectivity index (χ0v) is 9.90. The van der Waals surface area contributed by atoms with Gasteiger partial charge in [0.15, 0.2) is 0 Å². The zero-order chi connectivity index (χ0) is 10.5. The molecule has 1 unspecified atom stereocenters. The number of hydrogen-bond donors (Lipinski definition) is 0. The van der Waals surface area contributed by atoms with Crippen LogP contribution in [0.1, 0.15) is 12.5 Å². The summed E-state index contributed by atoms with van der Waals surface area (Å²) in [5.41, 5.74) is 1.47. The molecular weight excluding hydrogens is 199 g/mol. The Morgan fingerprint density at radius 1 is 0.867 bits per heavy atom. The third-order valence-corrected chi connectivity index (χ3v) is 3.83. The Morgan fingerprint density at radius 3 is 2.27 bits per heavy atom. The molecule has 0 spiro atoms. The van der Waals surface area contributed by atoms with Gasteiger partial charge in [0.2, 0.25) is 0 Å². The summed E-state index contributed by atoms with van der Waals surface area (Å²) in [5.74, 6) is 0. The van der Waals surface area contributed by atoms with Gasteiger partial charge < -0.3 is 0 Å². The van der Waals surface area contributed by atoms with Crippen LogP contribution in [-0.4, -0.2) is 0 Å². The lowest BCUT2D eigenvalue weighted by molar-refractivity contribution is 1.15. The third kappa shape index (κ3) is 2.67. The summed E-state index contributed by atoms with van der Waals surface area (Å²) in [5, 5.41) is 2.89. The van der Waals surface area contributed by atoms with E-state index in [0.717, 1.165) is 15.0 Å². The Labute approximate surface area is 93.1 Å². The van der Waals surface area contributed by atoms with Crippen LogP contribution < -0.4 is 10.6 Å². The van der Waals surface area contributed by atoms with Crippen molar-refractivity contribution in [3.8, 4) is 0 Å². The van der Waals surface area contributed by atoms with Crippen LogP contribution in [0.3, 0.4) is 0 Å². The summed E-state index contributed by atoms with van der Waals surface area (Å²) < 4.78 is 0. The molecule has 0 N–H and O–H groups in total. The van der Waals surface area contributed by atoms with Crippen LogP contribution in [0.2, 0.25) is 0 Å². The molecule has 0 fully saturated rings. The summed E-state index contributed by atoms with van der Waals surface area (Å²) in [6, 6.07) is 19.4. The predicted molar refractivity (Wildman–Crippen MR) is 69.8 cm³/mol. The van der Waals surface area contributed by atoms with Crippen LogP contribution in [0.5, 0.6) is 0 Å². The van der Waals surface area contributed by atoms with Crippen LogP contribution in [0.4, 0.5) is 0 Å². The molecule has 76 valence electrons. The van der Waals surface area contributed by atoms with Crippen molar-refractivity contribution in [1.29, 1.82) is 0 Å². The molecule has 2 aromatic carbocycles. The third-order valence-electron chi connectivity index (χ3n) is 2.45. The van der Waals surface area contributed by atoms with Crippen LogP contribution in [0.15, 0.2) is 54.6 Å². The molecule has 0 radical (unpaired) electrons. The zero-order valence-electron chi connectivity index (χ0n) is 8.90. The molecule has 0 amide bonds. The van der Waals surface area contributed by atoms with Crippen molar-refractivity contribution >= 4 is 19.2 Å². The first kappa shape index (κ1) is 10.4. The highest BCUT2D eigenvalue weighted by Gasteiger charge is 2.00. The number of rotatable bonds is 3. The van der Waals surface area contributed by atoms with Gasteiger partial charge >= 0.3 is 0 Å². The summed E-state index contributed by atoms with van der Waals surface area (Å²) in [4.78, 5) is 0. The van der Waals surface area contributed by atoms with Gasteiger partial charge in [0.05, 0.1) is 0 Å². The summed E-state index contributed by atoms with van der Waals surface area (Å²) >= 11 is 0. The number of hydrogen-bond acceptors (Lipinski definition) is 0. The second-order valence-electron chi connectivity index (χ2n) is 3.50. The first-order chi connectivity index (χ1) is 7.40. The lowest BCUT2D eigenvalue weighted by atomic mass is 10.2. The normalized spacial score (nSPS) is 11.0. The average molecular weight is 214 g/mol. The van der Waals surface area contributed by atoms with Gasteiger partial charge in [-0.1, -0.05) is 70.1 Å². The highest BCUT2D eigenvalue weighted by molar-refractivity contribution is 7.55. The Morgan fingerprint density at radius 2 is 1.53 bits per heavy atom. The van der Waals surface area contributed by atoms with Crippen molar-refractivity contribution in [2.75, 3.05) is 0 Å². The van der Waals surface area contributed by atoms with E-state index in [1.807, 2.05) is 0 Å². The van der Waals surface area contributed by atoms with E-state index in [9.17, 15) is 0 Å². The van der Waals surface area contributed by atoms with Gasteiger partial charge in [-0.05, 0) is 22.6 Å². The second kappa shape index (κ2) is 5.09. The quantitative estimate of drug-likeness (QED) is 0.689. The first-order valence-corrected chi connectivity index (χ1v) is 6.30. The maximum absolute atomic E-state index is 2.24. The molecule has 2 aromatic rings. The summed E-state index contributed by atoms with van der Waals surface area (Å²) in [7, 11) is 0.782. The minimum absolute atomic E-state index is 0.782. The number of aryl methyl sites for hydroxylation is 1. The van der Waals surface area contributed by atoms with Gasteiger partial charge in [0.25, 0.3) is 0 Å². The fourth-order valence-corrected chi connectivity index (χ4v) is 2.90. The molecule has 0 saturated heterocycles. The van der Waals surface area contributed by atoms with E-state index in [-0.39, 0.29) is 0 Å². The Kier molecular flexibility index (Phi) is 3.53. The Hall–Kier alpha value is -1.13. The van der Waals surface area contributed by atoms with Crippen molar-refractivity contribution in [1.82, 2.24) is 0 Å². The van der Waals surface area contributed by atoms with E-state index in [0.29, 0.717) is 0 Å². The van der Waals surface area contributed by atoms with E-state index in [1.165, 1.54) is 16.2 Å². The van der Waals surface area contributed by atoms with Gasteiger partial charge in [-0.15, -0.1) is 0 Å². The molecular formula is C14H15P. The SMILES string of the molecule is CCc1ccccc1Pc1ccccc1. The lowest BCUT2D eigenvalue weighted by Crippen LogP contribution is -2.07. The minimum atomic E-state index is 0.782. The van der Waals surface area contributed by atoms with Crippen LogP contribution in [0, 0.1) is 0 Å². The van der Waals surface area contributed by atoms with Gasteiger partial charge in [-0.2, -0.15) is 0 Å². The molecule has 0 aromatic heterocycles. The second-order valence-corrected chi connectivity index (χ2v) is 4.87. The van der Waals surface area contributed by atoms with Crippen LogP contribution in [-0.2, 0) is 6.42 Å². The largest absolute Gasteiger partial charge is 0.0622 e. The molecule has 0 saturated carbocycles. The molecule has 0 nitrogen and oxygen atoms in total. The van der Waals surface area contributed by atoms with Gasteiger partial charge in [-0.3, -0.25) is 0 Å². The number of benzene rings is 2. The maximum Gasteiger partial charge on any atom is -0.0194 e. The lowest BCUT2D eigenvalue weighted by Gasteiger charge is -2.07. The highest BCUT2D eigenvalue weighted by Crippen LogP contribution is 2.13. The first-order valence-electron chi connectivity index (χ1n) is 5.30. The van der Waals surface area contributed by atoms with Gasteiger partial charge in [0, 0.05) is 0 Å². The van der Waals surface area contributed by atoms with E-state index in [1.54, 1.807) is 0 Å². The molecule has 0 heterocycles. The van der Waals surface area contributed by atoms with Crippen molar-refractivity contribution in [3.63, 3.8) is 0 Å². The standard InChI is InChI=1S/C14H15P/c1-2-12-8-6-7-11-14(12)15-13-9-4-3-5-10-13/h3-11,15H,2H2,1H3. The van der Waals surface area contributed by atoms with Crippen LogP contribution >= 0.6 is 8.58 Å². The fraction of sp³-hybridized carbons (Fsp3) is 0.143. The molecule has 2 rings (SSSR count). The van der Waals surface area contributed by atoms with E-state index < -0.39 is 0 Å². The van der Waals surface area contributed by atoms with Gasteiger partial charge in [0.1, 0.15) is 0 Å². The minimum Gasteiger partial charge on any atom is -0.0622 e. The molecule has 1 heteroatoms. The molecule has 1 atom stereocenters. The summed E-state index contributed by atoms with van der Waals surface area (Å²) in [6.07, 6.45) is 1.12. The highest BCUT2D eigenvalue weighted by atomic mass is 31.1. The van der Waals surface area contributed by atoms with Crippen molar-refractivity contribution in [2.24, 2.45) is 0 Å². The topological polar surface area (TPSA) is 0 Å². The molecule has 15 heavy (non-hydrogen) atoms. The van der Waals surface area contributed by atoms with Crippen LogP contribution in [0.25, 0.3) is 0 Å². The van der Waals surface area contributed by atoms with Crippen molar-refractivity contribution in [2.45, 2.75) is 13.3 Å². The smallest absolute Gasteiger partial charge is 0.0194 e. The predicted octanol–water partition coefficient (Wildman–Crippen LogP) is 2.88. The Balaban J connectivity index is 2.24. The molecule has 0 aliphatic rings. The molecule has 0 aliphatic carbocycles. The molecule has 0 bridgehead atoms. The van der Waals surface area contributed by atoms with Crippen molar-refractivity contribution < 1.29 is 0 Å². The monoisotopic (exact) mass is 214 g/mol.